The van der Waals surface area contributed by atoms with Crippen LogP contribution in [0.15, 0.2) is 35.5 Å². The molecule has 4 aliphatic rings. The van der Waals surface area contributed by atoms with E-state index in [4.69, 9.17) is 9.47 Å². The summed E-state index contributed by atoms with van der Waals surface area (Å²) < 4.78 is 11.8. The van der Waals surface area contributed by atoms with E-state index in [-0.39, 0.29) is 40.2 Å². The van der Waals surface area contributed by atoms with Gasteiger partial charge in [-0.25, -0.2) is 0 Å². The molecule has 0 unspecified atom stereocenters. The zero-order valence-corrected chi connectivity index (χ0v) is 26.8. The summed E-state index contributed by atoms with van der Waals surface area (Å²) in [6.45, 7) is 22.7. The minimum absolute atomic E-state index is 0.0786. The lowest BCUT2D eigenvalue weighted by Crippen LogP contribution is -2.55. The number of allylic oxidation sites excluding steroid dienone is 5. The van der Waals surface area contributed by atoms with Crippen molar-refractivity contribution in [3.63, 3.8) is 0 Å². The van der Waals surface area contributed by atoms with Gasteiger partial charge in [-0.1, -0.05) is 72.8 Å². The minimum atomic E-state index is -0.820. The fraction of sp³-hybridized carbons (Fsp3) is 0.743. The van der Waals surface area contributed by atoms with Crippen LogP contribution in [0.2, 0.25) is 0 Å². The molecule has 0 saturated heterocycles. The summed E-state index contributed by atoms with van der Waals surface area (Å²) in [7, 11) is 0. The molecule has 6 heteroatoms. The topological polar surface area (TPSA) is 89.9 Å². The van der Waals surface area contributed by atoms with Crippen molar-refractivity contribution in [2.45, 2.75) is 119 Å². The maximum Gasteiger partial charge on any atom is 0.306 e. The molecule has 4 rings (SSSR count). The van der Waals surface area contributed by atoms with Gasteiger partial charge in [0.25, 0.3) is 0 Å². The molecule has 2 saturated carbocycles. The van der Waals surface area contributed by atoms with Crippen LogP contribution < -0.4 is 0 Å². The van der Waals surface area contributed by atoms with Crippen LogP contribution in [-0.4, -0.2) is 35.2 Å². The van der Waals surface area contributed by atoms with Crippen molar-refractivity contribution < 1.29 is 29.0 Å². The fourth-order valence-corrected chi connectivity index (χ4v) is 9.59. The van der Waals surface area contributed by atoms with Gasteiger partial charge >= 0.3 is 17.9 Å². The summed E-state index contributed by atoms with van der Waals surface area (Å²) in [4.78, 5) is 37.1. The van der Waals surface area contributed by atoms with Gasteiger partial charge in [0.2, 0.25) is 0 Å². The zero-order chi connectivity index (χ0) is 30.7. The Bertz CT molecular complexity index is 1180. The second-order valence-electron chi connectivity index (χ2n) is 15.0. The van der Waals surface area contributed by atoms with Crippen molar-refractivity contribution >= 4 is 17.9 Å². The third-order valence-electron chi connectivity index (χ3n) is 12.2. The maximum atomic E-state index is 12.9. The standard InChI is InChI=1S/C35H52O6/c1-20(2)21(3)11-12-24(31(38)39)30-27(40-22(4)36)19-35(10)26-13-14-28-32(6,7)29(41-23(5)37)16-17-33(28,8)25(26)15-18-34(30,35)9/h13,15,20,24,27-30H,3,11-12,14,16-19H2,1-2,4-10H3,(H,38,39)/t24-,27-,28+,29+,30+,33-,34-,35+/m1/s1. The van der Waals surface area contributed by atoms with Crippen molar-refractivity contribution in [3.05, 3.63) is 35.5 Å². The summed E-state index contributed by atoms with van der Waals surface area (Å²) in [6.07, 6.45) is 9.31. The molecule has 228 valence electrons. The third-order valence-corrected chi connectivity index (χ3v) is 12.2. The van der Waals surface area contributed by atoms with E-state index in [0.717, 1.165) is 31.3 Å². The van der Waals surface area contributed by atoms with E-state index in [2.05, 4.69) is 67.2 Å². The molecule has 41 heavy (non-hydrogen) atoms. The second-order valence-corrected chi connectivity index (χ2v) is 15.0. The number of carbonyl (C=O) groups is 3. The quantitative estimate of drug-likeness (QED) is 0.239. The highest BCUT2D eigenvalue weighted by molar-refractivity contribution is 5.72. The molecule has 0 aromatic carbocycles. The van der Waals surface area contributed by atoms with Crippen molar-refractivity contribution in [1.82, 2.24) is 0 Å². The summed E-state index contributed by atoms with van der Waals surface area (Å²) in [5.41, 5.74) is 2.73. The predicted molar refractivity (Wildman–Crippen MR) is 160 cm³/mol. The average molecular weight is 569 g/mol. The highest BCUT2D eigenvalue weighted by atomic mass is 16.5. The summed E-state index contributed by atoms with van der Waals surface area (Å²) in [6, 6.07) is 0. The Hall–Kier alpha value is -2.37. The van der Waals surface area contributed by atoms with Crippen LogP contribution in [0.3, 0.4) is 0 Å². The summed E-state index contributed by atoms with van der Waals surface area (Å²) in [5.74, 6) is -1.75. The van der Waals surface area contributed by atoms with Gasteiger partial charge in [-0.05, 0) is 78.8 Å². The van der Waals surface area contributed by atoms with Crippen molar-refractivity contribution in [1.29, 1.82) is 0 Å². The molecule has 0 bridgehead atoms. The number of fused-ring (bicyclic) bond motifs is 5. The largest absolute Gasteiger partial charge is 0.481 e. The minimum Gasteiger partial charge on any atom is -0.481 e. The van der Waals surface area contributed by atoms with E-state index < -0.39 is 23.4 Å². The maximum absolute atomic E-state index is 12.9. The normalized spacial score (nSPS) is 38.0. The number of hydrogen-bond donors (Lipinski definition) is 1. The fourth-order valence-electron chi connectivity index (χ4n) is 9.59. The highest BCUT2D eigenvalue weighted by Gasteiger charge is 2.67. The number of aliphatic carboxylic acids is 1. The van der Waals surface area contributed by atoms with Crippen LogP contribution in [0, 0.1) is 45.3 Å². The zero-order valence-electron chi connectivity index (χ0n) is 26.8. The molecular weight excluding hydrogens is 516 g/mol. The molecule has 0 aromatic rings. The smallest absolute Gasteiger partial charge is 0.306 e. The number of carboxylic acids is 1. The molecule has 2 fully saturated rings. The first-order valence-corrected chi connectivity index (χ1v) is 15.6. The van der Waals surface area contributed by atoms with Crippen LogP contribution in [-0.2, 0) is 23.9 Å². The molecule has 1 N–H and O–H groups in total. The molecule has 0 aromatic heterocycles. The van der Waals surface area contributed by atoms with Crippen molar-refractivity contribution in [2.24, 2.45) is 45.3 Å². The SMILES string of the molecule is C=C(CC[C@@H](C(=O)O)[C@H]1[C@H](OC(C)=O)C[C@@]2(C)C3=CC[C@H]4C(C)(C)[C@@H](OC(C)=O)CC[C@]4(C)C3=CC[C@]12C)C(C)C. The lowest BCUT2D eigenvalue weighted by molar-refractivity contribution is -0.165. The first-order chi connectivity index (χ1) is 18.9. The molecule has 0 aliphatic heterocycles. The van der Waals surface area contributed by atoms with E-state index in [9.17, 15) is 19.5 Å². The molecule has 4 aliphatic carbocycles. The number of esters is 2. The van der Waals surface area contributed by atoms with Gasteiger partial charge in [0, 0.05) is 30.6 Å². The number of hydrogen-bond acceptors (Lipinski definition) is 5. The number of rotatable bonds is 8. The lowest BCUT2D eigenvalue weighted by Gasteiger charge is -2.61. The van der Waals surface area contributed by atoms with E-state index >= 15 is 0 Å². The average Bonchev–Trinajstić information content (AvgIpc) is 3.07. The lowest BCUT2D eigenvalue weighted by atomic mass is 9.44. The van der Waals surface area contributed by atoms with Crippen molar-refractivity contribution in [3.8, 4) is 0 Å². The Morgan fingerprint density at radius 1 is 1.02 bits per heavy atom. The number of carboxylic acid groups (broad SMARTS) is 1. The molecule has 0 spiro atoms. The van der Waals surface area contributed by atoms with E-state index in [1.807, 2.05) is 0 Å². The monoisotopic (exact) mass is 568 g/mol. The molecule has 0 amide bonds. The highest BCUT2D eigenvalue weighted by Crippen LogP contribution is 2.72. The Morgan fingerprint density at radius 2 is 1.66 bits per heavy atom. The van der Waals surface area contributed by atoms with E-state index in [0.29, 0.717) is 31.1 Å². The Balaban J connectivity index is 1.76. The van der Waals surface area contributed by atoms with Gasteiger partial charge in [0.1, 0.15) is 12.2 Å². The van der Waals surface area contributed by atoms with Crippen LogP contribution >= 0.6 is 0 Å². The van der Waals surface area contributed by atoms with E-state index in [1.54, 1.807) is 0 Å². The van der Waals surface area contributed by atoms with Gasteiger partial charge in [-0.15, -0.1) is 0 Å². The van der Waals surface area contributed by atoms with Gasteiger partial charge in [0.15, 0.2) is 0 Å². The van der Waals surface area contributed by atoms with Gasteiger partial charge in [-0.2, -0.15) is 0 Å². The molecule has 8 atom stereocenters. The molecule has 6 nitrogen and oxygen atoms in total. The molecule has 0 heterocycles. The summed E-state index contributed by atoms with van der Waals surface area (Å²) >= 11 is 0. The second kappa shape index (κ2) is 10.7. The Labute approximate surface area is 247 Å². The van der Waals surface area contributed by atoms with Crippen molar-refractivity contribution in [2.75, 3.05) is 0 Å². The van der Waals surface area contributed by atoms with Crippen LogP contribution in [0.5, 0.6) is 0 Å². The third kappa shape index (κ3) is 5.01. The van der Waals surface area contributed by atoms with Gasteiger partial charge < -0.3 is 14.6 Å². The van der Waals surface area contributed by atoms with Crippen LogP contribution in [0.1, 0.15) is 107 Å². The van der Waals surface area contributed by atoms with Gasteiger partial charge in [0.05, 0.1) is 5.92 Å². The molecular formula is C35H52O6. The summed E-state index contributed by atoms with van der Waals surface area (Å²) in [5, 5.41) is 10.6. The Kier molecular flexibility index (Phi) is 8.25. The van der Waals surface area contributed by atoms with Gasteiger partial charge in [-0.3, -0.25) is 14.4 Å². The Morgan fingerprint density at radius 3 is 2.22 bits per heavy atom. The first-order valence-electron chi connectivity index (χ1n) is 15.6. The molecule has 0 radical (unpaired) electrons. The number of ether oxygens (including phenoxy) is 2. The van der Waals surface area contributed by atoms with Crippen LogP contribution in [0.4, 0.5) is 0 Å². The van der Waals surface area contributed by atoms with E-state index in [1.165, 1.54) is 25.0 Å². The number of carbonyl (C=O) groups excluding carboxylic acids is 2. The van der Waals surface area contributed by atoms with Crippen LogP contribution in [0.25, 0.3) is 0 Å². The predicted octanol–water partition coefficient (Wildman–Crippen LogP) is 7.68. The first kappa shape index (κ1) is 31.6.